The van der Waals surface area contributed by atoms with Crippen LogP contribution in [0.2, 0.25) is 0 Å². The van der Waals surface area contributed by atoms with Crippen LogP contribution in [0.1, 0.15) is 54.1 Å². The summed E-state index contributed by atoms with van der Waals surface area (Å²) in [6.45, 7) is 7.57. The minimum atomic E-state index is -0.847. The number of hydrogen-bond acceptors (Lipinski definition) is 2. The third-order valence-corrected chi connectivity index (χ3v) is 4.50. The molecule has 1 unspecified atom stereocenters. The van der Waals surface area contributed by atoms with Crippen LogP contribution in [0.25, 0.3) is 0 Å². The van der Waals surface area contributed by atoms with E-state index in [-0.39, 0.29) is 0 Å². The highest BCUT2D eigenvalue weighted by Crippen LogP contribution is 2.22. The van der Waals surface area contributed by atoms with Crippen LogP contribution in [0.3, 0.4) is 0 Å². The van der Waals surface area contributed by atoms with Gasteiger partial charge in [0.1, 0.15) is 0 Å². The molecule has 1 aliphatic heterocycles. The van der Waals surface area contributed by atoms with E-state index in [2.05, 4.69) is 11.8 Å². The lowest BCUT2D eigenvalue weighted by Gasteiger charge is -2.21. The van der Waals surface area contributed by atoms with E-state index in [4.69, 9.17) is 5.11 Å². The topological polar surface area (TPSA) is 40.5 Å². The second kappa shape index (κ2) is 6.89. The molecular formula is C17H25NO2. The van der Waals surface area contributed by atoms with E-state index in [1.54, 1.807) is 12.1 Å². The summed E-state index contributed by atoms with van der Waals surface area (Å²) < 4.78 is 0. The highest BCUT2D eigenvalue weighted by molar-refractivity contribution is 5.87. The van der Waals surface area contributed by atoms with Crippen LogP contribution in [-0.2, 0) is 6.54 Å². The van der Waals surface area contributed by atoms with Crippen molar-refractivity contribution in [2.75, 3.05) is 13.1 Å². The van der Waals surface area contributed by atoms with Crippen LogP contribution in [-0.4, -0.2) is 29.1 Å². The number of nitrogens with zero attached hydrogens (tertiary/aromatic N) is 1. The molecular weight excluding hydrogens is 250 g/mol. The van der Waals surface area contributed by atoms with Crippen molar-refractivity contribution in [3.05, 3.63) is 34.9 Å². The van der Waals surface area contributed by atoms with Crippen LogP contribution in [0.15, 0.2) is 18.2 Å². The standard InChI is InChI=1S/C17H25NO2/c1-3-14-5-4-9-18(10-8-14)12-16-7-6-15(17(19)20)11-13(16)2/h6-7,11,14H,3-5,8-10,12H2,1-2H3,(H,19,20). The van der Waals surface area contributed by atoms with Gasteiger partial charge in [0.05, 0.1) is 5.56 Å². The molecule has 3 heteroatoms. The number of carboxylic acid groups (broad SMARTS) is 1. The van der Waals surface area contributed by atoms with E-state index >= 15 is 0 Å². The summed E-state index contributed by atoms with van der Waals surface area (Å²) in [6, 6.07) is 5.47. The Hall–Kier alpha value is -1.35. The van der Waals surface area contributed by atoms with Gasteiger partial charge in [-0.3, -0.25) is 4.90 Å². The Kier molecular flexibility index (Phi) is 5.18. The van der Waals surface area contributed by atoms with E-state index < -0.39 is 5.97 Å². The molecule has 0 radical (unpaired) electrons. The zero-order chi connectivity index (χ0) is 14.5. The Morgan fingerprint density at radius 2 is 2.15 bits per heavy atom. The van der Waals surface area contributed by atoms with Gasteiger partial charge in [-0.25, -0.2) is 4.79 Å². The van der Waals surface area contributed by atoms with Crippen molar-refractivity contribution in [1.29, 1.82) is 0 Å². The quantitative estimate of drug-likeness (QED) is 0.910. The highest BCUT2D eigenvalue weighted by atomic mass is 16.4. The average molecular weight is 275 g/mol. The number of rotatable bonds is 4. The minimum absolute atomic E-state index is 0.383. The molecule has 1 aromatic carbocycles. The van der Waals surface area contributed by atoms with Gasteiger partial charge in [-0.05, 0) is 68.5 Å². The van der Waals surface area contributed by atoms with Gasteiger partial charge in [0, 0.05) is 6.54 Å². The van der Waals surface area contributed by atoms with Gasteiger partial charge in [-0.2, -0.15) is 0 Å². The summed E-state index contributed by atoms with van der Waals surface area (Å²) in [5, 5.41) is 9.00. The summed E-state index contributed by atoms with van der Waals surface area (Å²) in [6.07, 6.45) is 5.22. The monoisotopic (exact) mass is 275 g/mol. The molecule has 1 saturated heterocycles. The third-order valence-electron chi connectivity index (χ3n) is 4.50. The molecule has 0 bridgehead atoms. The van der Waals surface area contributed by atoms with Crippen molar-refractivity contribution < 1.29 is 9.90 Å². The number of aromatic carboxylic acids is 1. The molecule has 0 aliphatic carbocycles. The van der Waals surface area contributed by atoms with Gasteiger partial charge in [-0.1, -0.05) is 19.4 Å². The Labute approximate surface area is 121 Å². The van der Waals surface area contributed by atoms with Gasteiger partial charge in [-0.15, -0.1) is 0 Å². The maximum Gasteiger partial charge on any atom is 0.335 e. The molecule has 3 nitrogen and oxygen atoms in total. The van der Waals surface area contributed by atoms with Gasteiger partial charge in [0.25, 0.3) is 0 Å². The Bertz CT molecular complexity index is 470. The Morgan fingerprint density at radius 3 is 2.80 bits per heavy atom. The smallest absolute Gasteiger partial charge is 0.335 e. The molecule has 0 saturated carbocycles. The van der Waals surface area contributed by atoms with Crippen molar-refractivity contribution >= 4 is 5.97 Å². The second-order valence-electron chi connectivity index (χ2n) is 5.93. The molecule has 2 rings (SSSR count). The van der Waals surface area contributed by atoms with Gasteiger partial charge in [0.15, 0.2) is 0 Å². The fourth-order valence-corrected chi connectivity index (χ4v) is 3.04. The molecule has 1 fully saturated rings. The van der Waals surface area contributed by atoms with E-state index in [1.165, 1.54) is 37.8 Å². The van der Waals surface area contributed by atoms with Crippen molar-refractivity contribution in [3.8, 4) is 0 Å². The van der Waals surface area contributed by atoms with Crippen molar-refractivity contribution in [3.63, 3.8) is 0 Å². The lowest BCUT2D eigenvalue weighted by atomic mass is 9.98. The summed E-state index contributed by atoms with van der Waals surface area (Å²) in [7, 11) is 0. The molecule has 1 N–H and O–H groups in total. The molecule has 1 aromatic rings. The first-order valence-electron chi connectivity index (χ1n) is 7.65. The third kappa shape index (κ3) is 3.83. The van der Waals surface area contributed by atoms with Crippen LogP contribution in [0.4, 0.5) is 0 Å². The molecule has 0 amide bonds. The van der Waals surface area contributed by atoms with Gasteiger partial charge in [0.2, 0.25) is 0 Å². The SMILES string of the molecule is CCC1CCCN(Cc2ccc(C(=O)O)cc2C)CC1. The fraction of sp³-hybridized carbons (Fsp3) is 0.588. The normalized spacial score (nSPS) is 20.6. The maximum atomic E-state index is 11.0. The lowest BCUT2D eigenvalue weighted by Crippen LogP contribution is -2.24. The van der Waals surface area contributed by atoms with E-state index in [1.807, 2.05) is 13.0 Å². The van der Waals surface area contributed by atoms with E-state index in [0.717, 1.165) is 24.6 Å². The van der Waals surface area contributed by atoms with Crippen LogP contribution < -0.4 is 0 Å². The largest absolute Gasteiger partial charge is 0.478 e. The predicted molar refractivity (Wildman–Crippen MR) is 81.0 cm³/mol. The van der Waals surface area contributed by atoms with Crippen molar-refractivity contribution in [2.45, 2.75) is 46.1 Å². The van der Waals surface area contributed by atoms with Crippen molar-refractivity contribution in [1.82, 2.24) is 4.90 Å². The maximum absolute atomic E-state index is 11.0. The lowest BCUT2D eigenvalue weighted by molar-refractivity contribution is 0.0696. The first kappa shape index (κ1) is 15.0. The molecule has 20 heavy (non-hydrogen) atoms. The van der Waals surface area contributed by atoms with Gasteiger partial charge < -0.3 is 5.11 Å². The van der Waals surface area contributed by atoms with Crippen LogP contribution in [0.5, 0.6) is 0 Å². The number of likely N-dealkylation sites (tertiary alicyclic amines) is 1. The second-order valence-corrected chi connectivity index (χ2v) is 5.93. The van der Waals surface area contributed by atoms with E-state index in [0.29, 0.717) is 5.56 Å². The Balaban J connectivity index is 2.01. The van der Waals surface area contributed by atoms with Crippen LogP contribution >= 0.6 is 0 Å². The molecule has 1 aliphatic rings. The first-order chi connectivity index (χ1) is 9.60. The van der Waals surface area contributed by atoms with Crippen LogP contribution in [0, 0.1) is 12.8 Å². The number of benzene rings is 1. The number of hydrogen-bond donors (Lipinski definition) is 1. The Morgan fingerprint density at radius 1 is 1.35 bits per heavy atom. The van der Waals surface area contributed by atoms with E-state index in [9.17, 15) is 4.79 Å². The minimum Gasteiger partial charge on any atom is -0.478 e. The molecule has 110 valence electrons. The highest BCUT2D eigenvalue weighted by Gasteiger charge is 2.16. The summed E-state index contributed by atoms with van der Waals surface area (Å²) >= 11 is 0. The summed E-state index contributed by atoms with van der Waals surface area (Å²) in [4.78, 5) is 13.5. The average Bonchev–Trinajstić information content (AvgIpc) is 2.66. The summed E-state index contributed by atoms with van der Waals surface area (Å²) in [5.74, 6) is 0.0377. The molecule has 0 spiro atoms. The van der Waals surface area contributed by atoms with Gasteiger partial charge >= 0.3 is 5.97 Å². The number of carboxylic acids is 1. The zero-order valence-corrected chi connectivity index (χ0v) is 12.6. The fourth-order valence-electron chi connectivity index (χ4n) is 3.04. The zero-order valence-electron chi connectivity index (χ0n) is 12.6. The first-order valence-corrected chi connectivity index (χ1v) is 7.65. The molecule has 1 atom stereocenters. The molecule has 1 heterocycles. The predicted octanol–water partition coefficient (Wildman–Crippen LogP) is 3.71. The summed E-state index contributed by atoms with van der Waals surface area (Å²) in [5.41, 5.74) is 2.72. The van der Waals surface area contributed by atoms with Crippen molar-refractivity contribution in [2.24, 2.45) is 5.92 Å². The molecule has 0 aromatic heterocycles. The number of carbonyl (C=O) groups is 1. The number of aryl methyl sites for hydroxylation is 1.